The molecule has 122 valence electrons. The number of aromatic nitrogens is 2. The highest BCUT2D eigenvalue weighted by molar-refractivity contribution is 5.91. The SMILES string of the molecule is CC(O)C(NC(=O)C(Cc1cnc[nH]1)NC(=O)CN)C(=O)O. The van der Waals surface area contributed by atoms with E-state index in [1.807, 2.05) is 0 Å². The molecule has 7 N–H and O–H groups in total. The maximum absolute atomic E-state index is 12.2. The molecule has 10 heteroatoms. The van der Waals surface area contributed by atoms with Crippen LogP contribution >= 0.6 is 0 Å². The van der Waals surface area contributed by atoms with Crippen molar-refractivity contribution < 1.29 is 24.6 Å². The lowest BCUT2D eigenvalue weighted by molar-refractivity contribution is -0.145. The molecule has 1 heterocycles. The molecule has 0 saturated carbocycles. The molecule has 3 atom stereocenters. The summed E-state index contributed by atoms with van der Waals surface area (Å²) in [6.07, 6.45) is 1.66. The number of rotatable bonds is 8. The number of aromatic amines is 1. The fourth-order valence-electron chi connectivity index (χ4n) is 1.72. The summed E-state index contributed by atoms with van der Waals surface area (Å²) < 4.78 is 0. The molecule has 0 aromatic carbocycles. The Balaban J connectivity index is 2.82. The minimum Gasteiger partial charge on any atom is -0.480 e. The number of hydrogen-bond acceptors (Lipinski definition) is 6. The number of nitrogens with zero attached hydrogens (tertiary/aromatic N) is 1. The molecule has 0 spiro atoms. The number of hydrogen-bond donors (Lipinski definition) is 6. The second-order valence-electron chi connectivity index (χ2n) is 4.67. The first-order valence-electron chi connectivity index (χ1n) is 6.53. The lowest BCUT2D eigenvalue weighted by Crippen LogP contribution is -2.56. The molecule has 0 bridgehead atoms. The zero-order chi connectivity index (χ0) is 16.7. The Kier molecular flexibility index (Phi) is 6.47. The van der Waals surface area contributed by atoms with E-state index in [0.717, 1.165) is 0 Å². The lowest BCUT2D eigenvalue weighted by atomic mass is 10.1. The number of carbonyl (C=O) groups excluding carboxylic acids is 2. The molecular formula is C12H19N5O5. The largest absolute Gasteiger partial charge is 0.480 e. The summed E-state index contributed by atoms with van der Waals surface area (Å²) in [7, 11) is 0. The molecule has 0 radical (unpaired) electrons. The topological polar surface area (TPSA) is 170 Å². The summed E-state index contributed by atoms with van der Waals surface area (Å²) in [5.74, 6) is -2.69. The Bertz CT molecular complexity index is 516. The van der Waals surface area contributed by atoms with Crippen LogP contribution in [0.5, 0.6) is 0 Å². The fourth-order valence-corrected chi connectivity index (χ4v) is 1.72. The predicted octanol–water partition coefficient (Wildman–Crippen LogP) is -2.65. The maximum Gasteiger partial charge on any atom is 0.328 e. The summed E-state index contributed by atoms with van der Waals surface area (Å²) in [6, 6.07) is -2.52. The molecule has 2 amide bonds. The first kappa shape index (κ1) is 17.6. The minimum atomic E-state index is -1.48. The Morgan fingerprint density at radius 1 is 1.41 bits per heavy atom. The number of carbonyl (C=O) groups is 3. The number of imidazole rings is 1. The van der Waals surface area contributed by atoms with Crippen LogP contribution in [-0.2, 0) is 20.8 Å². The van der Waals surface area contributed by atoms with Crippen LogP contribution < -0.4 is 16.4 Å². The van der Waals surface area contributed by atoms with Crippen molar-refractivity contribution in [2.24, 2.45) is 5.73 Å². The van der Waals surface area contributed by atoms with Gasteiger partial charge in [0, 0.05) is 18.3 Å². The van der Waals surface area contributed by atoms with Crippen LogP contribution in [0.15, 0.2) is 12.5 Å². The summed E-state index contributed by atoms with van der Waals surface area (Å²) in [6.45, 7) is 0.924. The van der Waals surface area contributed by atoms with E-state index in [1.54, 1.807) is 0 Å². The van der Waals surface area contributed by atoms with Gasteiger partial charge in [0.15, 0.2) is 6.04 Å². The van der Waals surface area contributed by atoms with Gasteiger partial charge in [0.25, 0.3) is 0 Å². The fraction of sp³-hybridized carbons (Fsp3) is 0.500. The second kappa shape index (κ2) is 8.10. The normalized spacial score (nSPS) is 14.7. The molecule has 0 aliphatic rings. The Morgan fingerprint density at radius 2 is 2.09 bits per heavy atom. The molecule has 0 aliphatic carbocycles. The number of aliphatic hydroxyl groups is 1. The number of aliphatic carboxylic acids is 1. The summed E-state index contributed by atoms with van der Waals surface area (Å²) >= 11 is 0. The van der Waals surface area contributed by atoms with E-state index in [9.17, 15) is 19.5 Å². The number of carboxylic acids is 1. The van der Waals surface area contributed by atoms with Crippen molar-refractivity contribution in [2.75, 3.05) is 6.54 Å². The summed E-state index contributed by atoms with van der Waals surface area (Å²) in [5.41, 5.74) is 5.76. The number of nitrogens with one attached hydrogen (secondary N) is 3. The molecule has 0 saturated heterocycles. The standard InChI is InChI=1S/C12H19N5O5/c1-6(18)10(12(21)22)17-11(20)8(16-9(19)3-13)2-7-4-14-5-15-7/h4-6,8,10,18H,2-3,13H2,1H3,(H,14,15)(H,16,19)(H,17,20)(H,21,22). The first-order valence-corrected chi connectivity index (χ1v) is 6.53. The highest BCUT2D eigenvalue weighted by atomic mass is 16.4. The molecule has 1 aromatic heterocycles. The summed E-state index contributed by atoms with van der Waals surface area (Å²) in [5, 5.41) is 22.9. The van der Waals surface area contributed by atoms with Crippen molar-refractivity contribution >= 4 is 17.8 Å². The van der Waals surface area contributed by atoms with Gasteiger partial charge in [0.2, 0.25) is 11.8 Å². The quantitative estimate of drug-likeness (QED) is 0.304. The molecule has 10 nitrogen and oxygen atoms in total. The van der Waals surface area contributed by atoms with Crippen LogP contribution in [0.25, 0.3) is 0 Å². The lowest BCUT2D eigenvalue weighted by Gasteiger charge is -2.22. The highest BCUT2D eigenvalue weighted by Gasteiger charge is 2.29. The average Bonchev–Trinajstić information content (AvgIpc) is 2.95. The van der Waals surface area contributed by atoms with Crippen molar-refractivity contribution in [1.29, 1.82) is 0 Å². The van der Waals surface area contributed by atoms with E-state index in [-0.39, 0.29) is 13.0 Å². The third-order valence-corrected chi connectivity index (χ3v) is 2.86. The van der Waals surface area contributed by atoms with Crippen molar-refractivity contribution in [3.63, 3.8) is 0 Å². The predicted molar refractivity (Wildman–Crippen MR) is 74.5 cm³/mol. The van der Waals surface area contributed by atoms with E-state index in [2.05, 4.69) is 20.6 Å². The van der Waals surface area contributed by atoms with Crippen LogP contribution in [0.2, 0.25) is 0 Å². The third kappa shape index (κ3) is 5.14. The van der Waals surface area contributed by atoms with Crippen molar-refractivity contribution in [3.05, 3.63) is 18.2 Å². The smallest absolute Gasteiger partial charge is 0.328 e. The van der Waals surface area contributed by atoms with Gasteiger partial charge in [-0.3, -0.25) is 9.59 Å². The number of aliphatic hydroxyl groups excluding tert-OH is 1. The minimum absolute atomic E-state index is 0.0731. The van der Waals surface area contributed by atoms with E-state index < -0.39 is 36.0 Å². The van der Waals surface area contributed by atoms with Gasteiger partial charge in [-0.2, -0.15) is 0 Å². The van der Waals surface area contributed by atoms with E-state index in [4.69, 9.17) is 10.8 Å². The molecule has 1 rings (SSSR count). The van der Waals surface area contributed by atoms with Crippen LogP contribution in [0.1, 0.15) is 12.6 Å². The zero-order valence-electron chi connectivity index (χ0n) is 11.9. The molecule has 0 aliphatic heterocycles. The van der Waals surface area contributed by atoms with Gasteiger partial charge in [-0.05, 0) is 6.92 Å². The van der Waals surface area contributed by atoms with Crippen LogP contribution in [0, 0.1) is 0 Å². The van der Waals surface area contributed by atoms with Crippen molar-refractivity contribution in [3.8, 4) is 0 Å². The molecule has 3 unspecified atom stereocenters. The Labute approximate surface area is 126 Å². The molecule has 1 aromatic rings. The molecule has 0 fully saturated rings. The zero-order valence-corrected chi connectivity index (χ0v) is 11.9. The van der Waals surface area contributed by atoms with E-state index in [1.165, 1.54) is 19.4 Å². The number of amides is 2. The monoisotopic (exact) mass is 313 g/mol. The summed E-state index contributed by atoms with van der Waals surface area (Å²) in [4.78, 5) is 41.1. The van der Waals surface area contributed by atoms with Crippen molar-refractivity contribution in [1.82, 2.24) is 20.6 Å². The number of nitrogens with two attached hydrogens (primary N) is 1. The van der Waals surface area contributed by atoms with Gasteiger partial charge in [-0.25, -0.2) is 9.78 Å². The van der Waals surface area contributed by atoms with Crippen molar-refractivity contribution in [2.45, 2.75) is 31.5 Å². The average molecular weight is 313 g/mol. The van der Waals surface area contributed by atoms with Gasteiger partial charge < -0.3 is 31.6 Å². The Morgan fingerprint density at radius 3 is 2.55 bits per heavy atom. The van der Waals surface area contributed by atoms with Gasteiger partial charge in [-0.15, -0.1) is 0 Å². The first-order chi connectivity index (χ1) is 10.3. The Hall–Kier alpha value is -2.46. The van der Waals surface area contributed by atoms with Gasteiger partial charge in [0.1, 0.15) is 6.04 Å². The van der Waals surface area contributed by atoms with E-state index in [0.29, 0.717) is 5.69 Å². The third-order valence-electron chi connectivity index (χ3n) is 2.86. The van der Waals surface area contributed by atoms with Gasteiger partial charge in [-0.1, -0.05) is 0 Å². The van der Waals surface area contributed by atoms with Crippen LogP contribution in [-0.4, -0.2) is 62.7 Å². The van der Waals surface area contributed by atoms with E-state index >= 15 is 0 Å². The molecule has 22 heavy (non-hydrogen) atoms. The van der Waals surface area contributed by atoms with Gasteiger partial charge in [0.05, 0.1) is 19.0 Å². The van der Waals surface area contributed by atoms with Crippen LogP contribution in [0.4, 0.5) is 0 Å². The van der Waals surface area contributed by atoms with Gasteiger partial charge >= 0.3 is 5.97 Å². The highest BCUT2D eigenvalue weighted by Crippen LogP contribution is 2.01. The number of H-pyrrole nitrogens is 1. The number of carboxylic acid groups (broad SMARTS) is 1. The maximum atomic E-state index is 12.2. The molecular weight excluding hydrogens is 294 g/mol. The second-order valence-corrected chi connectivity index (χ2v) is 4.67. The van der Waals surface area contributed by atoms with Crippen LogP contribution in [0.3, 0.4) is 0 Å².